The summed E-state index contributed by atoms with van der Waals surface area (Å²) in [5.74, 6) is -0.683. The van der Waals surface area contributed by atoms with Crippen LogP contribution in [-0.2, 0) is 9.59 Å². The molecule has 5 heteroatoms. The van der Waals surface area contributed by atoms with Gasteiger partial charge >= 0.3 is 0 Å². The van der Waals surface area contributed by atoms with Crippen LogP contribution in [0.1, 0.15) is 12.0 Å². The van der Waals surface area contributed by atoms with E-state index >= 15 is 0 Å². The summed E-state index contributed by atoms with van der Waals surface area (Å²) in [5.41, 5.74) is 2.45. The van der Waals surface area contributed by atoms with Crippen LogP contribution in [0.2, 0.25) is 5.02 Å². The zero-order valence-corrected chi connectivity index (χ0v) is 14.4. The number of nitrogens with one attached hydrogen (secondary N) is 1. The SMILES string of the molecule is Cc1ccc(NC(=O)C2CC2C(=O)N(C)c2ccccc2)cc1Cl. The lowest BCUT2D eigenvalue weighted by molar-refractivity contribution is -0.123. The molecule has 0 aliphatic heterocycles. The van der Waals surface area contributed by atoms with Gasteiger partial charge in [0.2, 0.25) is 11.8 Å². The van der Waals surface area contributed by atoms with E-state index in [4.69, 9.17) is 11.6 Å². The maximum Gasteiger partial charge on any atom is 0.230 e. The maximum atomic E-state index is 12.5. The molecule has 0 aromatic heterocycles. The molecule has 0 saturated heterocycles. The third kappa shape index (κ3) is 3.44. The Balaban J connectivity index is 1.61. The zero-order valence-electron chi connectivity index (χ0n) is 13.6. The van der Waals surface area contributed by atoms with E-state index in [1.54, 1.807) is 18.0 Å². The number of rotatable bonds is 4. The van der Waals surface area contributed by atoms with Crippen molar-refractivity contribution in [2.24, 2.45) is 11.8 Å². The largest absolute Gasteiger partial charge is 0.326 e. The Morgan fingerprint density at radius 1 is 1.12 bits per heavy atom. The second kappa shape index (κ2) is 6.65. The van der Waals surface area contributed by atoms with Crippen molar-refractivity contribution in [1.82, 2.24) is 0 Å². The van der Waals surface area contributed by atoms with Crippen LogP contribution in [0, 0.1) is 18.8 Å². The number of para-hydroxylation sites is 1. The van der Waals surface area contributed by atoms with Gasteiger partial charge in [0.1, 0.15) is 0 Å². The molecule has 2 atom stereocenters. The van der Waals surface area contributed by atoms with Crippen LogP contribution in [0.5, 0.6) is 0 Å². The molecule has 2 aromatic rings. The molecule has 1 saturated carbocycles. The Bertz CT molecular complexity index is 776. The number of aryl methyl sites for hydroxylation is 1. The lowest BCUT2D eigenvalue weighted by Gasteiger charge is -2.17. The van der Waals surface area contributed by atoms with Crippen molar-refractivity contribution in [3.63, 3.8) is 0 Å². The van der Waals surface area contributed by atoms with Gasteiger partial charge in [-0.05, 0) is 43.2 Å². The Kier molecular flexibility index (Phi) is 4.58. The molecule has 2 unspecified atom stereocenters. The Hall–Kier alpha value is -2.33. The van der Waals surface area contributed by atoms with Gasteiger partial charge in [-0.3, -0.25) is 9.59 Å². The fourth-order valence-corrected chi connectivity index (χ4v) is 2.87. The summed E-state index contributed by atoms with van der Waals surface area (Å²) >= 11 is 6.07. The normalized spacial score (nSPS) is 18.8. The summed E-state index contributed by atoms with van der Waals surface area (Å²) in [6, 6.07) is 14.8. The topological polar surface area (TPSA) is 49.4 Å². The van der Waals surface area contributed by atoms with Gasteiger partial charge in [0.25, 0.3) is 0 Å². The number of carbonyl (C=O) groups excluding carboxylic acids is 2. The van der Waals surface area contributed by atoms with Gasteiger partial charge in [0, 0.05) is 23.4 Å². The molecule has 3 rings (SSSR count). The fourth-order valence-electron chi connectivity index (χ4n) is 2.69. The van der Waals surface area contributed by atoms with E-state index < -0.39 is 0 Å². The fraction of sp³-hybridized carbons (Fsp3) is 0.263. The minimum atomic E-state index is -0.274. The van der Waals surface area contributed by atoms with Crippen molar-refractivity contribution in [1.29, 1.82) is 0 Å². The van der Waals surface area contributed by atoms with Crippen LogP contribution >= 0.6 is 11.6 Å². The van der Waals surface area contributed by atoms with E-state index in [9.17, 15) is 9.59 Å². The number of carbonyl (C=O) groups is 2. The minimum Gasteiger partial charge on any atom is -0.326 e. The number of benzene rings is 2. The number of anilines is 2. The molecule has 124 valence electrons. The average Bonchev–Trinajstić information content (AvgIpc) is 3.38. The first kappa shape index (κ1) is 16.5. The summed E-state index contributed by atoms with van der Waals surface area (Å²) in [6.45, 7) is 1.91. The molecule has 2 amide bonds. The van der Waals surface area contributed by atoms with E-state index in [-0.39, 0.29) is 23.7 Å². The predicted molar refractivity (Wildman–Crippen MR) is 96.3 cm³/mol. The molecule has 4 nitrogen and oxygen atoms in total. The standard InChI is InChI=1S/C19H19ClN2O2/c1-12-8-9-13(10-17(12)20)21-18(23)15-11-16(15)19(24)22(2)14-6-4-3-5-7-14/h3-10,15-16H,11H2,1-2H3,(H,21,23). The quantitative estimate of drug-likeness (QED) is 0.916. The predicted octanol–water partition coefficient (Wildman–Crippen LogP) is 3.89. The molecule has 1 aliphatic carbocycles. The third-order valence-electron chi connectivity index (χ3n) is 4.36. The van der Waals surface area contributed by atoms with E-state index in [2.05, 4.69) is 5.32 Å². The first-order chi connectivity index (χ1) is 11.5. The highest BCUT2D eigenvalue weighted by Gasteiger charge is 2.49. The molecule has 0 bridgehead atoms. The molecule has 1 aliphatic rings. The van der Waals surface area contributed by atoms with Gasteiger partial charge in [-0.2, -0.15) is 0 Å². The highest BCUT2D eigenvalue weighted by atomic mass is 35.5. The van der Waals surface area contributed by atoms with E-state index in [0.29, 0.717) is 17.1 Å². The van der Waals surface area contributed by atoms with Crippen LogP contribution in [0.25, 0.3) is 0 Å². The minimum absolute atomic E-state index is 0.0247. The van der Waals surface area contributed by atoms with Gasteiger partial charge in [-0.15, -0.1) is 0 Å². The molecule has 0 radical (unpaired) electrons. The van der Waals surface area contributed by atoms with Gasteiger partial charge in [-0.25, -0.2) is 0 Å². The molecule has 1 N–H and O–H groups in total. The van der Waals surface area contributed by atoms with E-state index in [1.165, 1.54) is 0 Å². The second-order valence-corrected chi connectivity index (χ2v) is 6.54. The maximum absolute atomic E-state index is 12.5. The van der Waals surface area contributed by atoms with Crippen molar-refractivity contribution >= 4 is 34.8 Å². The molecule has 1 fully saturated rings. The molecule has 2 aromatic carbocycles. The summed E-state index contributed by atoms with van der Waals surface area (Å²) in [6.07, 6.45) is 0.585. The summed E-state index contributed by atoms with van der Waals surface area (Å²) < 4.78 is 0. The highest BCUT2D eigenvalue weighted by molar-refractivity contribution is 6.31. The lowest BCUT2D eigenvalue weighted by Crippen LogP contribution is -2.29. The number of hydrogen-bond donors (Lipinski definition) is 1. The van der Waals surface area contributed by atoms with Crippen molar-refractivity contribution in [2.75, 3.05) is 17.3 Å². The van der Waals surface area contributed by atoms with Gasteiger partial charge in [0.05, 0.1) is 11.8 Å². The number of nitrogens with zero attached hydrogens (tertiary/aromatic N) is 1. The molecular formula is C19H19ClN2O2. The van der Waals surface area contributed by atoms with Gasteiger partial charge < -0.3 is 10.2 Å². The van der Waals surface area contributed by atoms with Crippen molar-refractivity contribution in [3.8, 4) is 0 Å². The number of hydrogen-bond acceptors (Lipinski definition) is 2. The van der Waals surface area contributed by atoms with Crippen molar-refractivity contribution in [2.45, 2.75) is 13.3 Å². The lowest BCUT2D eigenvalue weighted by atomic mass is 10.2. The second-order valence-electron chi connectivity index (χ2n) is 6.13. The number of amides is 2. The Labute approximate surface area is 146 Å². The van der Waals surface area contributed by atoms with Crippen molar-refractivity contribution in [3.05, 3.63) is 59.1 Å². The van der Waals surface area contributed by atoms with Gasteiger partial charge in [0.15, 0.2) is 0 Å². The van der Waals surface area contributed by atoms with Crippen LogP contribution in [0.3, 0.4) is 0 Å². The number of halogens is 1. The zero-order chi connectivity index (χ0) is 17.3. The van der Waals surface area contributed by atoms with Crippen LogP contribution in [0.15, 0.2) is 48.5 Å². The van der Waals surface area contributed by atoms with Crippen LogP contribution < -0.4 is 10.2 Å². The Morgan fingerprint density at radius 2 is 1.83 bits per heavy atom. The first-order valence-electron chi connectivity index (χ1n) is 7.87. The summed E-state index contributed by atoms with van der Waals surface area (Å²) in [7, 11) is 1.74. The molecule has 24 heavy (non-hydrogen) atoms. The van der Waals surface area contributed by atoms with E-state index in [0.717, 1.165) is 11.3 Å². The molecule has 0 heterocycles. The third-order valence-corrected chi connectivity index (χ3v) is 4.77. The molecule has 0 spiro atoms. The summed E-state index contributed by atoms with van der Waals surface area (Å²) in [5, 5.41) is 3.45. The summed E-state index contributed by atoms with van der Waals surface area (Å²) in [4.78, 5) is 26.4. The Morgan fingerprint density at radius 3 is 2.50 bits per heavy atom. The highest BCUT2D eigenvalue weighted by Crippen LogP contribution is 2.41. The molecular weight excluding hydrogens is 324 g/mol. The van der Waals surface area contributed by atoms with Crippen LogP contribution in [-0.4, -0.2) is 18.9 Å². The van der Waals surface area contributed by atoms with Crippen molar-refractivity contribution < 1.29 is 9.59 Å². The van der Waals surface area contributed by atoms with Gasteiger partial charge in [-0.1, -0.05) is 35.9 Å². The first-order valence-corrected chi connectivity index (χ1v) is 8.25. The smallest absolute Gasteiger partial charge is 0.230 e. The van der Waals surface area contributed by atoms with Crippen LogP contribution in [0.4, 0.5) is 11.4 Å². The monoisotopic (exact) mass is 342 g/mol. The van der Waals surface area contributed by atoms with E-state index in [1.807, 2.05) is 49.4 Å². The average molecular weight is 343 g/mol.